The van der Waals surface area contributed by atoms with E-state index in [1.807, 2.05) is 0 Å². The van der Waals surface area contributed by atoms with E-state index in [1.165, 1.54) is 0 Å². The van der Waals surface area contributed by atoms with Gasteiger partial charge in [0.2, 0.25) is 12.0 Å². The SMILES string of the molecule is OC(O)(CCCF)C(F)C(F)F. The molecule has 0 heterocycles. The zero-order chi connectivity index (χ0) is 9.78. The topological polar surface area (TPSA) is 40.5 Å². The Hall–Kier alpha value is -0.360. The summed E-state index contributed by atoms with van der Waals surface area (Å²) in [5.74, 6) is -3.12. The van der Waals surface area contributed by atoms with Crippen molar-refractivity contribution < 1.29 is 27.8 Å². The van der Waals surface area contributed by atoms with Crippen molar-refractivity contribution in [3.63, 3.8) is 0 Å². The highest BCUT2D eigenvalue weighted by Gasteiger charge is 2.40. The van der Waals surface area contributed by atoms with Crippen molar-refractivity contribution in [3.05, 3.63) is 0 Å². The van der Waals surface area contributed by atoms with E-state index in [1.54, 1.807) is 0 Å². The van der Waals surface area contributed by atoms with Crippen LogP contribution in [0.3, 0.4) is 0 Å². The first-order valence-electron chi connectivity index (χ1n) is 3.34. The van der Waals surface area contributed by atoms with Gasteiger partial charge < -0.3 is 10.2 Å². The van der Waals surface area contributed by atoms with Crippen LogP contribution in [-0.4, -0.2) is 35.3 Å². The average molecular weight is 190 g/mol. The van der Waals surface area contributed by atoms with E-state index in [4.69, 9.17) is 10.2 Å². The van der Waals surface area contributed by atoms with E-state index in [2.05, 4.69) is 0 Å². The maximum atomic E-state index is 12.3. The molecule has 0 spiro atoms. The molecule has 2 N–H and O–H groups in total. The van der Waals surface area contributed by atoms with Gasteiger partial charge in [-0.3, -0.25) is 4.39 Å². The standard InChI is InChI=1S/C6H10F4O2/c7-3-1-2-6(11,12)4(8)5(9)10/h4-5,11-12H,1-3H2. The summed E-state index contributed by atoms with van der Waals surface area (Å²) < 4.78 is 46.8. The maximum Gasteiger partial charge on any atom is 0.274 e. The van der Waals surface area contributed by atoms with Crippen LogP contribution < -0.4 is 0 Å². The molecule has 0 saturated heterocycles. The first-order valence-corrected chi connectivity index (χ1v) is 3.34. The summed E-state index contributed by atoms with van der Waals surface area (Å²) in [5, 5.41) is 17.2. The number of rotatable bonds is 5. The summed E-state index contributed by atoms with van der Waals surface area (Å²) in [5.41, 5.74) is 0. The Balaban J connectivity index is 3.99. The fourth-order valence-corrected chi connectivity index (χ4v) is 0.667. The van der Waals surface area contributed by atoms with Crippen LogP contribution in [0.1, 0.15) is 12.8 Å². The summed E-state index contributed by atoms with van der Waals surface area (Å²) in [6.07, 6.45) is -7.63. The van der Waals surface area contributed by atoms with Crippen molar-refractivity contribution >= 4 is 0 Å². The number of aliphatic hydroxyl groups is 2. The van der Waals surface area contributed by atoms with E-state index in [-0.39, 0.29) is 6.42 Å². The predicted octanol–water partition coefficient (Wildman–Crippen LogP) is 1.02. The molecule has 0 radical (unpaired) electrons. The molecule has 6 heteroatoms. The second-order valence-corrected chi connectivity index (χ2v) is 2.41. The van der Waals surface area contributed by atoms with Gasteiger partial charge in [-0.25, -0.2) is 13.2 Å². The lowest BCUT2D eigenvalue weighted by Gasteiger charge is -2.24. The zero-order valence-electron chi connectivity index (χ0n) is 6.18. The van der Waals surface area contributed by atoms with Gasteiger partial charge in [0.15, 0.2) is 0 Å². The second-order valence-electron chi connectivity index (χ2n) is 2.41. The quantitative estimate of drug-likeness (QED) is 0.502. The number of alkyl halides is 4. The van der Waals surface area contributed by atoms with Gasteiger partial charge in [0.25, 0.3) is 6.43 Å². The molecule has 0 aliphatic carbocycles. The minimum absolute atomic E-state index is 0.361. The summed E-state index contributed by atoms with van der Waals surface area (Å²) in [7, 11) is 0. The Labute approximate surface area is 66.8 Å². The van der Waals surface area contributed by atoms with Crippen molar-refractivity contribution in [3.8, 4) is 0 Å². The largest absolute Gasteiger partial charge is 0.363 e. The molecule has 0 aromatic heterocycles. The van der Waals surface area contributed by atoms with Gasteiger partial charge in [-0.1, -0.05) is 0 Å². The molecule has 0 fully saturated rings. The summed E-state index contributed by atoms with van der Waals surface area (Å²) >= 11 is 0. The normalized spacial score (nSPS) is 15.2. The van der Waals surface area contributed by atoms with Crippen LogP contribution >= 0.6 is 0 Å². The molecule has 0 rings (SSSR count). The monoisotopic (exact) mass is 190 g/mol. The lowest BCUT2D eigenvalue weighted by molar-refractivity contribution is -0.235. The van der Waals surface area contributed by atoms with Gasteiger partial charge in [0.05, 0.1) is 6.67 Å². The fraction of sp³-hybridized carbons (Fsp3) is 1.00. The molecular weight excluding hydrogens is 180 g/mol. The zero-order valence-corrected chi connectivity index (χ0v) is 6.18. The highest BCUT2D eigenvalue weighted by Crippen LogP contribution is 2.22. The van der Waals surface area contributed by atoms with E-state index < -0.39 is 31.5 Å². The molecule has 1 atom stereocenters. The van der Waals surface area contributed by atoms with Gasteiger partial charge in [0.1, 0.15) is 0 Å². The maximum absolute atomic E-state index is 12.3. The van der Waals surface area contributed by atoms with Crippen LogP contribution in [0.5, 0.6) is 0 Å². The molecular formula is C6H10F4O2. The highest BCUT2D eigenvalue weighted by atomic mass is 19.3. The van der Waals surface area contributed by atoms with Crippen LogP contribution in [-0.2, 0) is 0 Å². The second kappa shape index (κ2) is 4.61. The lowest BCUT2D eigenvalue weighted by Crippen LogP contribution is -2.43. The van der Waals surface area contributed by atoms with Crippen molar-refractivity contribution in [2.75, 3.05) is 6.67 Å². The van der Waals surface area contributed by atoms with E-state index in [0.717, 1.165) is 0 Å². The van der Waals surface area contributed by atoms with Gasteiger partial charge in [0, 0.05) is 6.42 Å². The summed E-state index contributed by atoms with van der Waals surface area (Å²) in [4.78, 5) is 0. The molecule has 0 saturated carbocycles. The molecule has 0 aliphatic heterocycles. The Morgan fingerprint density at radius 3 is 2.00 bits per heavy atom. The molecule has 0 aromatic carbocycles. The van der Waals surface area contributed by atoms with E-state index in [0.29, 0.717) is 0 Å². The smallest absolute Gasteiger partial charge is 0.274 e. The average Bonchev–Trinajstić information content (AvgIpc) is 1.99. The third kappa shape index (κ3) is 3.36. The van der Waals surface area contributed by atoms with Crippen molar-refractivity contribution in [2.24, 2.45) is 0 Å². The van der Waals surface area contributed by atoms with Gasteiger partial charge in [-0.05, 0) is 6.42 Å². The third-order valence-corrected chi connectivity index (χ3v) is 1.34. The molecule has 0 bridgehead atoms. The van der Waals surface area contributed by atoms with Gasteiger partial charge in [-0.2, -0.15) is 0 Å². The first-order chi connectivity index (χ1) is 5.41. The lowest BCUT2D eigenvalue weighted by atomic mass is 10.1. The van der Waals surface area contributed by atoms with Gasteiger partial charge in [-0.15, -0.1) is 0 Å². The molecule has 2 nitrogen and oxygen atoms in total. The van der Waals surface area contributed by atoms with Crippen LogP contribution in [0.2, 0.25) is 0 Å². The molecule has 0 aromatic rings. The van der Waals surface area contributed by atoms with Crippen LogP contribution in [0.25, 0.3) is 0 Å². The first kappa shape index (κ1) is 11.6. The van der Waals surface area contributed by atoms with Crippen LogP contribution in [0.4, 0.5) is 17.6 Å². The molecule has 0 amide bonds. The minimum atomic E-state index is -3.47. The summed E-state index contributed by atoms with van der Waals surface area (Å²) in [6.45, 7) is -0.904. The summed E-state index contributed by atoms with van der Waals surface area (Å²) in [6, 6.07) is 0. The molecule has 0 aliphatic rings. The minimum Gasteiger partial charge on any atom is -0.363 e. The molecule has 1 unspecified atom stereocenters. The van der Waals surface area contributed by atoms with Crippen LogP contribution in [0.15, 0.2) is 0 Å². The Morgan fingerprint density at radius 2 is 1.67 bits per heavy atom. The number of hydrogen-bond donors (Lipinski definition) is 2. The Bertz CT molecular complexity index is 129. The van der Waals surface area contributed by atoms with Gasteiger partial charge >= 0.3 is 0 Å². The molecule has 12 heavy (non-hydrogen) atoms. The molecule has 74 valence electrons. The third-order valence-electron chi connectivity index (χ3n) is 1.34. The highest BCUT2D eigenvalue weighted by molar-refractivity contribution is 4.77. The van der Waals surface area contributed by atoms with Crippen molar-refractivity contribution in [1.82, 2.24) is 0 Å². The van der Waals surface area contributed by atoms with Crippen molar-refractivity contribution in [1.29, 1.82) is 0 Å². The van der Waals surface area contributed by atoms with E-state index >= 15 is 0 Å². The van der Waals surface area contributed by atoms with Crippen LogP contribution in [0, 0.1) is 0 Å². The van der Waals surface area contributed by atoms with E-state index in [9.17, 15) is 17.6 Å². The number of hydrogen-bond acceptors (Lipinski definition) is 2. The fourth-order valence-electron chi connectivity index (χ4n) is 0.667. The Morgan fingerprint density at radius 1 is 1.17 bits per heavy atom. The Kier molecular flexibility index (Phi) is 4.47. The number of halogens is 4. The van der Waals surface area contributed by atoms with Crippen molar-refractivity contribution in [2.45, 2.75) is 31.2 Å². The predicted molar refractivity (Wildman–Crippen MR) is 33.3 cm³/mol.